The van der Waals surface area contributed by atoms with Gasteiger partial charge in [0.05, 0.1) is 0 Å². The van der Waals surface area contributed by atoms with Crippen LogP contribution in [0, 0.1) is 0 Å². The van der Waals surface area contributed by atoms with Crippen molar-refractivity contribution in [3.8, 4) is 0 Å². The molecule has 0 saturated carbocycles. The third-order valence-corrected chi connectivity index (χ3v) is 0.402. The van der Waals surface area contributed by atoms with Gasteiger partial charge in [-0.1, -0.05) is 0 Å². The standard InChI is InChI=1S/In.H4N2O3S.3H/c;1-5-6(2,3)4;;;/h;1H2,(H2,2,3,4);;;. The average Bonchev–Trinajstić information content (AvgIpc) is 1.35. The zero-order chi connectivity index (χ0) is 5.21. The second kappa shape index (κ2) is 3.67. The molecule has 4 N–H and O–H groups in total. The van der Waals surface area contributed by atoms with Crippen molar-refractivity contribution in [2.45, 2.75) is 0 Å². The van der Waals surface area contributed by atoms with Crippen LogP contribution in [0.2, 0.25) is 0 Å². The Hall–Kier alpha value is 0.700. The second-order valence-corrected chi connectivity index (χ2v) is 1.77. The maximum absolute atomic E-state index is 9.43. The first-order valence-electron chi connectivity index (χ1n) is 0.971. The molecule has 0 bridgehead atoms. The average molecular weight is 230 g/mol. The summed E-state index contributed by atoms with van der Waals surface area (Å²) in [5.41, 5.74) is 0. The van der Waals surface area contributed by atoms with Crippen LogP contribution >= 0.6 is 0 Å². The Bertz CT molecular complexity index is 115. The van der Waals surface area contributed by atoms with Gasteiger partial charge in [-0.05, 0) is 0 Å². The minimum absolute atomic E-state index is 0. The van der Waals surface area contributed by atoms with E-state index in [-0.39, 0.29) is 25.8 Å². The van der Waals surface area contributed by atoms with Gasteiger partial charge < -0.3 is 0 Å². The molecule has 0 heterocycles. The number of rotatable bonds is 1. The van der Waals surface area contributed by atoms with Crippen molar-refractivity contribution >= 4 is 36.1 Å². The zero-order valence-electron chi connectivity index (χ0n) is 2.79. The summed E-state index contributed by atoms with van der Waals surface area (Å²) in [5, 5.41) is 4.16. The van der Waals surface area contributed by atoms with Gasteiger partial charge in [0.2, 0.25) is 0 Å². The molecule has 0 aliphatic rings. The van der Waals surface area contributed by atoms with E-state index in [0.717, 1.165) is 0 Å². The van der Waals surface area contributed by atoms with Gasteiger partial charge in [-0.2, -0.15) is 18.6 Å². The van der Waals surface area contributed by atoms with Crippen LogP contribution in [0.15, 0.2) is 0 Å². The van der Waals surface area contributed by atoms with Gasteiger partial charge in [-0.3, -0.25) is 0 Å². The summed E-state index contributed by atoms with van der Waals surface area (Å²) in [6, 6.07) is 0. The van der Waals surface area contributed by atoms with Crippen molar-refractivity contribution in [2.24, 2.45) is 11.0 Å². The molecule has 0 aromatic heterocycles. The van der Waals surface area contributed by atoms with E-state index >= 15 is 0 Å². The van der Waals surface area contributed by atoms with Crippen molar-refractivity contribution in [1.82, 2.24) is 0 Å². The molecule has 44 valence electrons. The van der Waals surface area contributed by atoms with Crippen LogP contribution in [0.4, 0.5) is 0 Å². The van der Waals surface area contributed by atoms with Crippen LogP contribution in [0.25, 0.3) is 0 Å². The summed E-state index contributed by atoms with van der Waals surface area (Å²) in [6.45, 7) is 0. The molecule has 0 atom stereocenters. The summed E-state index contributed by atoms with van der Waals surface area (Å²) in [6.07, 6.45) is 0. The van der Waals surface area contributed by atoms with Crippen LogP contribution in [0.5, 0.6) is 0 Å². The van der Waals surface area contributed by atoms with Crippen LogP contribution < -0.4 is 11.0 Å². The molecule has 0 rings (SSSR count). The first-order chi connectivity index (χ1) is 2.56. The quantitative estimate of drug-likeness (QED) is 0.466. The van der Waals surface area contributed by atoms with Crippen molar-refractivity contribution in [3.63, 3.8) is 0 Å². The first kappa shape index (κ1) is 10.6. The third kappa shape index (κ3) is 10.8. The monoisotopic (exact) mass is 230 g/mol. The summed E-state index contributed by atoms with van der Waals surface area (Å²) < 4.78 is 22.0. The maximum atomic E-state index is 9.43. The molecule has 0 unspecified atom stereocenters. The Balaban J connectivity index is 0. The van der Waals surface area contributed by atoms with Crippen LogP contribution in [0.3, 0.4) is 0 Å². The van der Waals surface area contributed by atoms with E-state index in [0.29, 0.717) is 0 Å². The predicted molar refractivity (Wildman–Crippen MR) is 28.3 cm³/mol. The summed E-state index contributed by atoms with van der Waals surface area (Å²) in [7, 11) is -3.88. The normalized spacial score (nSPS) is 10.0. The Kier molecular flexibility index (Phi) is 5.58. The van der Waals surface area contributed by atoms with Gasteiger partial charge in [-0.25, -0.2) is 5.14 Å². The SMILES string of the molecule is NOS(N)(=O)=O.[InH3]. The van der Waals surface area contributed by atoms with E-state index in [4.69, 9.17) is 0 Å². The molecule has 5 nitrogen and oxygen atoms in total. The molecule has 0 radical (unpaired) electrons. The van der Waals surface area contributed by atoms with E-state index in [9.17, 15) is 8.42 Å². The topological polar surface area (TPSA) is 95.4 Å². The molecule has 0 aliphatic heterocycles. The Morgan fingerprint density at radius 1 is 1.43 bits per heavy atom. The summed E-state index contributed by atoms with van der Waals surface area (Å²) in [4.78, 5) is 0. The van der Waals surface area contributed by atoms with Gasteiger partial charge in [0.1, 0.15) is 0 Å². The number of hydrogen-bond donors (Lipinski definition) is 2. The Morgan fingerprint density at radius 3 is 1.57 bits per heavy atom. The molecule has 0 amide bonds. The Morgan fingerprint density at radius 2 is 1.57 bits per heavy atom. The predicted octanol–water partition coefficient (Wildman–Crippen LogP) is -3.10. The molecule has 0 fully saturated rings. The van der Waals surface area contributed by atoms with E-state index < -0.39 is 10.3 Å². The number of nitrogens with two attached hydrogens (primary N) is 2. The van der Waals surface area contributed by atoms with E-state index in [2.05, 4.69) is 15.3 Å². The van der Waals surface area contributed by atoms with Crippen LogP contribution in [0.1, 0.15) is 0 Å². The molecular formula is H7InN2O3S. The van der Waals surface area contributed by atoms with Gasteiger partial charge in [0.15, 0.2) is 0 Å². The molecular weight excluding hydrogens is 223 g/mol. The molecule has 7 heteroatoms. The van der Waals surface area contributed by atoms with Gasteiger partial charge in [-0.15, -0.1) is 0 Å². The number of hydrogen-bond acceptors (Lipinski definition) is 4. The molecule has 0 aromatic rings. The summed E-state index contributed by atoms with van der Waals surface area (Å²) >= 11 is 0. The fourth-order valence-corrected chi connectivity index (χ4v) is 0. The van der Waals surface area contributed by atoms with Crippen molar-refractivity contribution < 1.29 is 12.7 Å². The van der Waals surface area contributed by atoms with E-state index in [1.165, 1.54) is 0 Å². The zero-order valence-corrected chi connectivity index (χ0v) is 3.60. The molecule has 0 spiro atoms. The first-order valence-corrected chi connectivity index (χ1v) is 2.44. The van der Waals surface area contributed by atoms with Crippen molar-refractivity contribution in [1.29, 1.82) is 0 Å². The molecule has 0 aromatic carbocycles. The second-order valence-electron chi connectivity index (χ2n) is 0.589. The van der Waals surface area contributed by atoms with Crippen molar-refractivity contribution in [3.05, 3.63) is 0 Å². The fourth-order valence-electron chi connectivity index (χ4n) is 0. The van der Waals surface area contributed by atoms with Crippen LogP contribution in [-0.4, -0.2) is 34.3 Å². The molecule has 0 aliphatic carbocycles. The molecule has 0 saturated heterocycles. The van der Waals surface area contributed by atoms with Crippen LogP contribution in [-0.2, 0) is 14.6 Å². The minimum atomic E-state index is -3.88. The van der Waals surface area contributed by atoms with E-state index in [1.807, 2.05) is 0 Å². The van der Waals surface area contributed by atoms with E-state index in [1.54, 1.807) is 0 Å². The van der Waals surface area contributed by atoms with Gasteiger partial charge in [0.25, 0.3) is 0 Å². The molecule has 7 heavy (non-hydrogen) atoms. The fraction of sp³-hybridized carbons (Fsp3) is 0. The Labute approximate surface area is 60.0 Å². The third-order valence-electron chi connectivity index (χ3n) is 0.134. The van der Waals surface area contributed by atoms with Crippen molar-refractivity contribution in [2.75, 3.05) is 0 Å². The van der Waals surface area contributed by atoms with Gasteiger partial charge >= 0.3 is 36.1 Å². The van der Waals surface area contributed by atoms with Gasteiger partial charge in [0, 0.05) is 0 Å². The summed E-state index contributed by atoms with van der Waals surface area (Å²) in [5.74, 6) is 4.09.